The molecule has 0 heterocycles. The molecule has 0 aromatic heterocycles. The van der Waals surface area contributed by atoms with Gasteiger partial charge in [-0.25, -0.2) is 4.39 Å². The van der Waals surface area contributed by atoms with Crippen molar-refractivity contribution in [3.63, 3.8) is 0 Å². The summed E-state index contributed by atoms with van der Waals surface area (Å²) < 4.78 is 13.5. The predicted octanol–water partition coefficient (Wildman–Crippen LogP) is 5.97. The zero-order valence-electron chi connectivity index (χ0n) is 20.1. The zero-order valence-corrected chi connectivity index (χ0v) is 20.8. The molecule has 1 atom stereocenters. The first-order valence-electron chi connectivity index (χ1n) is 12.1. The summed E-state index contributed by atoms with van der Waals surface area (Å²) in [6.07, 6.45) is 3.48. The summed E-state index contributed by atoms with van der Waals surface area (Å²) in [5.74, 6) is -0.708. The second kappa shape index (κ2) is 13.6. The third kappa shape index (κ3) is 8.52. The van der Waals surface area contributed by atoms with Crippen molar-refractivity contribution < 1.29 is 14.0 Å². The van der Waals surface area contributed by atoms with Crippen molar-refractivity contribution in [1.82, 2.24) is 10.2 Å². The van der Waals surface area contributed by atoms with E-state index in [0.29, 0.717) is 18.0 Å². The maximum absolute atomic E-state index is 13.6. The molecule has 35 heavy (non-hydrogen) atoms. The summed E-state index contributed by atoms with van der Waals surface area (Å²) >= 11 is 6.01. The maximum atomic E-state index is 13.6. The number of unbranched alkanes of at least 4 members (excludes halogenated alkanes) is 2. The van der Waals surface area contributed by atoms with Crippen LogP contribution in [0.4, 0.5) is 4.39 Å². The van der Waals surface area contributed by atoms with Gasteiger partial charge in [-0.15, -0.1) is 0 Å². The Labute approximate surface area is 212 Å². The Morgan fingerprint density at radius 3 is 2.20 bits per heavy atom. The SMILES string of the molecule is CCCCCNC(=O)[C@H](Cc1ccccc1)N(Cc1ccc(F)cc1)C(=O)Cc1ccc(Cl)cc1. The lowest BCUT2D eigenvalue weighted by Crippen LogP contribution is -2.51. The van der Waals surface area contributed by atoms with E-state index in [9.17, 15) is 14.0 Å². The lowest BCUT2D eigenvalue weighted by Gasteiger charge is -2.31. The van der Waals surface area contributed by atoms with Crippen LogP contribution in [0.5, 0.6) is 0 Å². The molecule has 3 aromatic rings. The van der Waals surface area contributed by atoms with Gasteiger partial charge in [0.2, 0.25) is 11.8 Å². The van der Waals surface area contributed by atoms with E-state index in [1.54, 1.807) is 29.2 Å². The minimum Gasteiger partial charge on any atom is -0.354 e. The Hall–Kier alpha value is -3.18. The van der Waals surface area contributed by atoms with E-state index in [0.717, 1.165) is 36.0 Å². The second-order valence-corrected chi connectivity index (χ2v) is 9.09. The van der Waals surface area contributed by atoms with Gasteiger partial charge in [0, 0.05) is 24.5 Å². The van der Waals surface area contributed by atoms with E-state index in [1.165, 1.54) is 12.1 Å². The molecule has 184 valence electrons. The first-order valence-corrected chi connectivity index (χ1v) is 12.4. The van der Waals surface area contributed by atoms with Crippen LogP contribution in [-0.2, 0) is 29.0 Å². The average Bonchev–Trinajstić information content (AvgIpc) is 2.87. The van der Waals surface area contributed by atoms with Crippen LogP contribution in [-0.4, -0.2) is 29.3 Å². The van der Waals surface area contributed by atoms with Crippen LogP contribution in [0.1, 0.15) is 42.9 Å². The van der Waals surface area contributed by atoms with Crippen molar-refractivity contribution in [3.05, 3.63) is 106 Å². The summed E-state index contributed by atoms with van der Waals surface area (Å²) in [6.45, 7) is 2.88. The van der Waals surface area contributed by atoms with Gasteiger partial charge in [-0.1, -0.05) is 86.0 Å². The van der Waals surface area contributed by atoms with Gasteiger partial charge in [-0.2, -0.15) is 0 Å². The fraction of sp³-hybridized carbons (Fsp3) is 0.310. The summed E-state index contributed by atoms with van der Waals surface area (Å²) in [7, 11) is 0. The molecule has 0 saturated heterocycles. The van der Waals surface area contributed by atoms with Crippen molar-refractivity contribution in [1.29, 1.82) is 0 Å². The van der Waals surface area contributed by atoms with Crippen molar-refractivity contribution in [2.75, 3.05) is 6.54 Å². The summed E-state index contributed by atoms with van der Waals surface area (Å²) in [5.41, 5.74) is 2.53. The number of nitrogens with zero attached hydrogens (tertiary/aromatic N) is 1. The lowest BCUT2D eigenvalue weighted by molar-refractivity contribution is -0.140. The Kier molecular flexibility index (Phi) is 10.3. The van der Waals surface area contributed by atoms with Gasteiger partial charge in [0.15, 0.2) is 0 Å². The Morgan fingerprint density at radius 1 is 0.886 bits per heavy atom. The van der Waals surface area contributed by atoms with Gasteiger partial charge in [0.05, 0.1) is 6.42 Å². The molecule has 3 aromatic carbocycles. The molecule has 3 rings (SSSR count). The monoisotopic (exact) mass is 494 g/mol. The van der Waals surface area contributed by atoms with E-state index >= 15 is 0 Å². The van der Waals surface area contributed by atoms with Gasteiger partial charge in [-0.3, -0.25) is 9.59 Å². The molecule has 0 spiro atoms. The van der Waals surface area contributed by atoms with Gasteiger partial charge in [0.1, 0.15) is 11.9 Å². The number of halogens is 2. The maximum Gasteiger partial charge on any atom is 0.243 e. The number of amides is 2. The fourth-order valence-corrected chi connectivity index (χ4v) is 4.05. The number of carbonyl (C=O) groups is 2. The van der Waals surface area contributed by atoms with Crippen LogP contribution >= 0.6 is 11.6 Å². The second-order valence-electron chi connectivity index (χ2n) is 8.66. The highest BCUT2D eigenvalue weighted by molar-refractivity contribution is 6.30. The van der Waals surface area contributed by atoms with Crippen molar-refractivity contribution in [2.24, 2.45) is 0 Å². The largest absolute Gasteiger partial charge is 0.354 e. The predicted molar refractivity (Wildman–Crippen MR) is 139 cm³/mol. The fourth-order valence-electron chi connectivity index (χ4n) is 3.92. The molecule has 0 aliphatic carbocycles. The highest BCUT2D eigenvalue weighted by Crippen LogP contribution is 2.18. The molecule has 0 aliphatic heterocycles. The molecule has 2 amide bonds. The standard InChI is InChI=1S/C29H32ClFN2O2/c1-2-3-7-18-32-29(35)27(19-22-8-5-4-6-9-22)33(21-24-12-16-26(31)17-13-24)28(34)20-23-10-14-25(30)15-11-23/h4-6,8-17,27H,2-3,7,18-21H2,1H3,(H,32,35)/t27-/m0/s1. The Morgan fingerprint density at radius 2 is 1.54 bits per heavy atom. The number of nitrogens with one attached hydrogen (secondary N) is 1. The van der Waals surface area contributed by atoms with Gasteiger partial charge >= 0.3 is 0 Å². The topological polar surface area (TPSA) is 49.4 Å². The number of rotatable bonds is 12. The summed E-state index contributed by atoms with van der Waals surface area (Å²) in [4.78, 5) is 28.7. The van der Waals surface area contributed by atoms with Crippen LogP contribution < -0.4 is 5.32 Å². The third-order valence-corrected chi connectivity index (χ3v) is 6.14. The van der Waals surface area contributed by atoms with Crippen LogP contribution in [0.3, 0.4) is 0 Å². The van der Waals surface area contributed by atoms with E-state index in [1.807, 2.05) is 42.5 Å². The van der Waals surface area contributed by atoms with Crippen LogP contribution in [0, 0.1) is 5.82 Å². The first kappa shape index (κ1) is 26.4. The molecule has 0 unspecified atom stereocenters. The highest BCUT2D eigenvalue weighted by atomic mass is 35.5. The molecular weight excluding hydrogens is 463 g/mol. The molecule has 0 aliphatic rings. The molecule has 6 heteroatoms. The average molecular weight is 495 g/mol. The normalized spacial score (nSPS) is 11.6. The minimum absolute atomic E-state index is 0.132. The zero-order chi connectivity index (χ0) is 25.0. The van der Waals surface area contributed by atoms with E-state index in [-0.39, 0.29) is 30.6 Å². The minimum atomic E-state index is -0.705. The van der Waals surface area contributed by atoms with Gasteiger partial charge in [0.25, 0.3) is 0 Å². The smallest absolute Gasteiger partial charge is 0.243 e. The molecule has 0 bridgehead atoms. The highest BCUT2D eigenvalue weighted by Gasteiger charge is 2.30. The Bertz CT molecular complexity index is 1070. The third-order valence-electron chi connectivity index (χ3n) is 5.89. The van der Waals surface area contributed by atoms with Gasteiger partial charge < -0.3 is 10.2 Å². The van der Waals surface area contributed by atoms with E-state index < -0.39 is 6.04 Å². The first-order chi connectivity index (χ1) is 17.0. The lowest BCUT2D eigenvalue weighted by atomic mass is 10.0. The summed E-state index contributed by atoms with van der Waals surface area (Å²) in [5, 5.41) is 3.62. The van der Waals surface area contributed by atoms with E-state index in [4.69, 9.17) is 11.6 Å². The quantitative estimate of drug-likeness (QED) is 0.315. The van der Waals surface area contributed by atoms with Crippen LogP contribution in [0.15, 0.2) is 78.9 Å². The molecule has 1 N–H and O–H groups in total. The van der Waals surface area contributed by atoms with Crippen LogP contribution in [0.25, 0.3) is 0 Å². The molecule has 4 nitrogen and oxygen atoms in total. The van der Waals surface area contributed by atoms with Crippen LogP contribution in [0.2, 0.25) is 5.02 Å². The number of benzene rings is 3. The summed E-state index contributed by atoms with van der Waals surface area (Å²) in [6, 6.07) is 22.1. The van der Waals surface area contributed by atoms with Crippen molar-refractivity contribution in [3.8, 4) is 0 Å². The number of carbonyl (C=O) groups excluding carboxylic acids is 2. The molecular formula is C29H32ClFN2O2. The molecule has 0 radical (unpaired) electrons. The molecule has 0 fully saturated rings. The Balaban J connectivity index is 1.90. The van der Waals surface area contributed by atoms with E-state index in [2.05, 4.69) is 12.2 Å². The van der Waals surface area contributed by atoms with Crippen molar-refractivity contribution in [2.45, 2.75) is 51.6 Å². The van der Waals surface area contributed by atoms with Crippen molar-refractivity contribution >= 4 is 23.4 Å². The van der Waals surface area contributed by atoms with Gasteiger partial charge in [-0.05, 0) is 47.4 Å². The number of hydrogen-bond donors (Lipinski definition) is 1. The number of hydrogen-bond acceptors (Lipinski definition) is 2. The molecule has 0 saturated carbocycles.